The number of aromatic carboxylic acids is 1. The molecule has 1 N–H and O–H groups in total. The van der Waals surface area contributed by atoms with E-state index in [4.69, 9.17) is 14.6 Å². The molecule has 2 aromatic heterocycles. The Morgan fingerprint density at radius 1 is 1.34 bits per heavy atom. The second-order valence-corrected chi connectivity index (χ2v) is 7.61. The first kappa shape index (κ1) is 19.1. The summed E-state index contributed by atoms with van der Waals surface area (Å²) in [6, 6.07) is 14.5. The Morgan fingerprint density at radius 2 is 2.17 bits per heavy atom. The lowest BCUT2D eigenvalue weighted by Crippen LogP contribution is -2.07. The minimum Gasteiger partial charge on any atom is -0.478 e. The van der Waals surface area contributed by atoms with Crippen molar-refractivity contribution in [2.45, 2.75) is 25.6 Å². The molecule has 0 saturated carbocycles. The van der Waals surface area contributed by atoms with E-state index in [1.165, 1.54) is 12.1 Å². The Hall–Kier alpha value is -3.21. The Balaban J connectivity index is 1.67. The predicted octanol–water partition coefficient (Wildman–Crippen LogP) is 4.81. The maximum Gasteiger partial charge on any atom is 0.335 e. The van der Waals surface area contributed by atoms with Gasteiger partial charge in [-0.2, -0.15) is 5.26 Å². The maximum atomic E-state index is 11.0. The number of carboxylic acid groups (broad SMARTS) is 1. The van der Waals surface area contributed by atoms with Gasteiger partial charge >= 0.3 is 5.97 Å². The largest absolute Gasteiger partial charge is 0.478 e. The molecule has 29 heavy (non-hydrogen) atoms. The monoisotopic (exact) mass is 406 g/mol. The van der Waals surface area contributed by atoms with Crippen LogP contribution in [0, 0.1) is 11.3 Å². The lowest BCUT2D eigenvalue weighted by Gasteiger charge is -2.16. The van der Waals surface area contributed by atoms with Gasteiger partial charge in [0.2, 0.25) is 5.88 Å². The Morgan fingerprint density at radius 3 is 2.79 bits per heavy atom. The van der Waals surface area contributed by atoms with Crippen molar-refractivity contribution in [1.82, 2.24) is 4.98 Å². The summed E-state index contributed by atoms with van der Waals surface area (Å²) in [6.07, 6.45) is 1.68. The molecule has 146 valence electrons. The van der Waals surface area contributed by atoms with Gasteiger partial charge in [0.1, 0.15) is 18.2 Å². The van der Waals surface area contributed by atoms with E-state index in [2.05, 4.69) is 11.1 Å². The highest BCUT2D eigenvalue weighted by Crippen LogP contribution is 2.37. The lowest BCUT2D eigenvalue weighted by atomic mass is 10.0. The Kier molecular flexibility index (Phi) is 5.56. The van der Waals surface area contributed by atoms with Crippen molar-refractivity contribution in [3.63, 3.8) is 0 Å². The summed E-state index contributed by atoms with van der Waals surface area (Å²) < 4.78 is 11.7. The van der Waals surface area contributed by atoms with E-state index in [1.807, 2.05) is 23.6 Å². The van der Waals surface area contributed by atoms with Crippen LogP contribution in [-0.2, 0) is 11.3 Å². The molecule has 1 aliphatic heterocycles. The number of carbonyl (C=O) groups is 1. The minimum atomic E-state index is -0.976. The number of nitrogens with zero attached hydrogens (tertiary/aromatic N) is 2. The first-order valence-electron chi connectivity index (χ1n) is 9.21. The number of ether oxygens (including phenoxy) is 2. The summed E-state index contributed by atoms with van der Waals surface area (Å²) in [5, 5.41) is 20.8. The summed E-state index contributed by atoms with van der Waals surface area (Å²) in [4.78, 5) is 16.6. The highest BCUT2D eigenvalue weighted by molar-refractivity contribution is 7.13. The second-order valence-electron chi connectivity index (χ2n) is 6.66. The van der Waals surface area contributed by atoms with Gasteiger partial charge < -0.3 is 14.6 Å². The number of aromatic nitrogens is 1. The van der Waals surface area contributed by atoms with E-state index in [9.17, 15) is 10.1 Å². The van der Waals surface area contributed by atoms with E-state index in [0.29, 0.717) is 12.2 Å². The molecule has 0 aliphatic carbocycles. The van der Waals surface area contributed by atoms with Gasteiger partial charge in [-0.1, -0.05) is 18.2 Å². The van der Waals surface area contributed by atoms with Gasteiger partial charge in [-0.15, -0.1) is 11.3 Å². The third-order valence-corrected chi connectivity index (χ3v) is 5.65. The van der Waals surface area contributed by atoms with Crippen LogP contribution in [0.15, 0.2) is 47.8 Å². The van der Waals surface area contributed by atoms with Gasteiger partial charge in [0, 0.05) is 12.2 Å². The maximum absolute atomic E-state index is 11.0. The number of nitriles is 1. The number of rotatable bonds is 6. The van der Waals surface area contributed by atoms with Gasteiger partial charge in [0.25, 0.3) is 0 Å². The topological polar surface area (TPSA) is 92.4 Å². The van der Waals surface area contributed by atoms with Gasteiger partial charge in [0.05, 0.1) is 22.2 Å². The fourth-order valence-corrected chi connectivity index (χ4v) is 3.97. The highest BCUT2D eigenvalue weighted by atomic mass is 32.1. The zero-order chi connectivity index (χ0) is 20.2. The van der Waals surface area contributed by atoms with E-state index in [0.717, 1.165) is 34.5 Å². The van der Waals surface area contributed by atoms with E-state index < -0.39 is 5.97 Å². The molecule has 7 heteroatoms. The first-order chi connectivity index (χ1) is 14.2. The minimum absolute atomic E-state index is 0.136. The molecule has 4 rings (SSSR count). The van der Waals surface area contributed by atoms with Crippen LogP contribution in [-0.4, -0.2) is 22.7 Å². The van der Waals surface area contributed by atoms with Crippen LogP contribution in [0.2, 0.25) is 0 Å². The van der Waals surface area contributed by atoms with Crippen molar-refractivity contribution in [3.8, 4) is 22.5 Å². The third kappa shape index (κ3) is 4.14. The summed E-state index contributed by atoms with van der Waals surface area (Å²) in [6.45, 7) is 0.860. The predicted molar refractivity (Wildman–Crippen MR) is 108 cm³/mol. The fraction of sp³-hybridized carbons (Fsp3) is 0.227. The molecule has 1 atom stereocenters. The van der Waals surface area contributed by atoms with Crippen LogP contribution < -0.4 is 4.74 Å². The first-order valence-corrected chi connectivity index (χ1v) is 10.1. The molecule has 6 nitrogen and oxygen atoms in total. The quantitative estimate of drug-likeness (QED) is 0.631. The smallest absolute Gasteiger partial charge is 0.335 e. The van der Waals surface area contributed by atoms with Gasteiger partial charge in [-0.3, -0.25) is 0 Å². The highest BCUT2D eigenvalue weighted by Gasteiger charge is 2.25. The van der Waals surface area contributed by atoms with Gasteiger partial charge in [-0.25, -0.2) is 9.78 Å². The zero-order valence-corrected chi connectivity index (χ0v) is 16.3. The van der Waals surface area contributed by atoms with E-state index in [1.54, 1.807) is 23.5 Å². The molecular weight excluding hydrogens is 388 g/mol. The number of hydrogen-bond acceptors (Lipinski definition) is 6. The SMILES string of the molecule is N#Cc1c(C2CCCO2)cc(-c2cccs2)nc1OCc1ccc(C(=O)O)cc1. The van der Waals surface area contributed by atoms with Crippen LogP contribution in [0.25, 0.3) is 10.6 Å². The molecule has 1 saturated heterocycles. The summed E-state index contributed by atoms with van der Waals surface area (Å²) in [7, 11) is 0. The van der Waals surface area contributed by atoms with Crippen LogP contribution >= 0.6 is 11.3 Å². The number of hydrogen-bond donors (Lipinski definition) is 1. The average Bonchev–Trinajstić information content (AvgIpc) is 3.46. The van der Waals surface area contributed by atoms with Crippen molar-refractivity contribution in [1.29, 1.82) is 5.26 Å². The van der Waals surface area contributed by atoms with Crippen molar-refractivity contribution in [3.05, 3.63) is 70.1 Å². The molecule has 0 amide bonds. The molecule has 0 bridgehead atoms. The van der Waals surface area contributed by atoms with Crippen molar-refractivity contribution in [2.75, 3.05) is 6.61 Å². The van der Waals surface area contributed by atoms with Crippen molar-refractivity contribution >= 4 is 17.3 Å². The second kappa shape index (κ2) is 8.43. The van der Waals surface area contributed by atoms with E-state index >= 15 is 0 Å². The molecule has 1 unspecified atom stereocenters. The zero-order valence-electron chi connectivity index (χ0n) is 15.5. The molecule has 0 spiro atoms. The number of thiophene rings is 1. The number of benzene rings is 1. The Bertz CT molecular complexity index is 1050. The van der Waals surface area contributed by atoms with Gasteiger partial charge in [-0.05, 0) is 48.1 Å². The molecule has 1 aromatic carbocycles. The van der Waals surface area contributed by atoms with Crippen LogP contribution in [0.1, 0.15) is 46.0 Å². The molecular formula is C22H18N2O4S. The van der Waals surface area contributed by atoms with Crippen molar-refractivity contribution < 1.29 is 19.4 Å². The molecule has 1 aliphatic rings. The third-order valence-electron chi connectivity index (χ3n) is 4.76. The summed E-state index contributed by atoms with van der Waals surface area (Å²) in [5.41, 5.74) is 2.95. The number of pyridine rings is 1. The lowest BCUT2D eigenvalue weighted by molar-refractivity contribution is 0.0697. The van der Waals surface area contributed by atoms with E-state index in [-0.39, 0.29) is 24.2 Å². The normalized spacial score (nSPS) is 15.8. The van der Waals surface area contributed by atoms with Crippen LogP contribution in [0.4, 0.5) is 0 Å². The fourth-order valence-electron chi connectivity index (χ4n) is 3.28. The molecule has 3 heterocycles. The van der Waals surface area contributed by atoms with Gasteiger partial charge in [0.15, 0.2) is 0 Å². The number of carboxylic acids is 1. The average molecular weight is 406 g/mol. The van der Waals surface area contributed by atoms with Crippen LogP contribution in [0.5, 0.6) is 5.88 Å². The summed E-state index contributed by atoms with van der Waals surface area (Å²) in [5.74, 6) is -0.707. The molecule has 1 fully saturated rings. The standard InChI is InChI=1S/C22H18N2O4S/c23-12-17-16(19-3-1-9-27-19)11-18(20-4-2-10-29-20)24-21(17)28-13-14-5-7-15(8-6-14)22(25)26/h2,4-8,10-11,19H,1,3,9,13H2,(H,25,26). The van der Waals surface area contributed by atoms with Crippen molar-refractivity contribution in [2.24, 2.45) is 0 Å². The summed E-state index contributed by atoms with van der Waals surface area (Å²) >= 11 is 1.57. The Labute approximate surface area is 172 Å². The molecule has 3 aromatic rings. The molecule has 0 radical (unpaired) electrons. The van der Waals surface area contributed by atoms with Crippen LogP contribution in [0.3, 0.4) is 0 Å².